The van der Waals surface area contributed by atoms with Gasteiger partial charge in [-0.1, -0.05) is 0 Å². The third-order valence-electron chi connectivity index (χ3n) is 3.07. The Hall–Kier alpha value is -2.82. The van der Waals surface area contributed by atoms with Crippen LogP contribution in [0.15, 0.2) is 42.5 Å². The summed E-state index contributed by atoms with van der Waals surface area (Å²) in [5.41, 5.74) is 8.57. The maximum Gasteiger partial charge on any atom is 0.337 e. The second-order valence-electron chi connectivity index (χ2n) is 4.60. The van der Waals surface area contributed by atoms with Gasteiger partial charge in [-0.25, -0.2) is 4.79 Å². The number of benzene rings is 2. The molecule has 0 aromatic heterocycles. The number of carbonyl (C=O) groups excluding carboxylic acids is 2. The van der Waals surface area contributed by atoms with Gasteiger partial charge < -0.3 is 15.8 Å². The topological polar surface area (TPSA) is 81.4 Å². The number of rotatable bonds is 3. The molecule has 0 unspecified atom stereocenters. The Balaban J connectivity index is 2.18. The van der Waals surface area contributed by atoms with Crippen LogP contribution in [0.4, 0.5) is 11.4 Å². The fourth-order valence-electron chi connectivity index (χ4n) is 1.88. The SMILES string of the molecule is COC(=O)c1ccc(NC(=O)c2ccc(N)cc2)c(C)c1. The van der Waals surface area contributed by atoms with Crippen LogP contribution in [-0.2, 0) is 4.74 Å². The molecule has 0 bridgehead atoms. The van der Waals surface area contributed by atoms with Gasteiger partial charge in [0.25, 0.3) is 5.91 Å². The number of hydrogen-bond acceptors (Lipinski definition) is 4. The van der Waals surface area contributed by atoms with Crippen molar-refractivity contribution in [2.45, 2.75) is 6.92 Å². The summed E-state index contributed by atoms with van der Waals surface area (Å²) in [6.45, 7) is 1.81. The van der Waals surface area contributed by atoms with Crippen molar-refractivity contribution in [2.75, 3.05) is 18.2 Å². The number of esters is 1. The van der Waals surface area contributed by atoms with E-state index in [0.29, 0.717) is 22.5 Å². The molecule has 0 aliphatic heterocycles. The minimum absolute atomic E-state index is 0.232. The van der Waals surface area contributed by atoms with Gasteiger partial charge in [-0.2, -0.15) is 0 Å². The molecule has 108 valence electrons. The lowest BCUT2D eigenvalue weighted by molar-refractivity contribution is 0.0600. The summed E-state index contributed by atoms with van der Waals surface area (Å²) in [5, 5.41) is 2.80. The molecule has 2 aromatic rings. The zero-order valence-corrected chi connectivity index (χ0v) is 11.8. The highest BCUT2D eigenvalue weighted by atomic mass is 16.5. The summed E-state index contributed by atoms with van der Waals surface area (Å²) in [5.74, 6) is -0.640. The minimum atomic E-state index is -0.408. The number of nitrogens with two attached hydrogens (primary N) is 1. The molecule has 5 heteroatoms. The van der Waals surface area contributed by atoms with E-state index in [0.717, 1.165) is 5.56 Å². The van der Waals surface area contributed by atoms with Crippen molar-refractivity contribution in [2.24, 2.45) is 0 Å². The molecule has 5 nitrogen and oxygen atoms in total. The molecule has 0 saturated carbocycles. The van der Waals surface area contributed by atoms with Crippen molar-refractivity contribution in [1.29, 1.82) is 0 Å². The lowest BCUT2D eigenvalue weighted by Crippen LogP contribution is -2.13. The molecule has 3 N–H and O–H groups in total. The molecule has 0 aliphatic carbocycles. The second-order valence-corrected chi connectivity index (χ2v) is 4.60. The van der Waals surface area contributed by atoms with E-state index in [-0.39, 0.29) is 5.91 Å². The molecular weight excluding hydrogens is 268 g/mol. The van der Waals surface area contributed by atoms with Gasteiger partial charge in [0.05, 0.1) is 12.7 Å². The Kier molecular flexibility index (Phi) is 4.23. The highest BCUT2D eigenvalue weighted by Gasteiger charge is 2.10. The fourth-order valence-corrected chi connectivity index (χ4v) is 1.88. The van der Waals surface area contributed by atoms with Crippen LogP contribution >= 0.6 is 0 Å². The number of carbonyl (C=O) groups is 2. The van der Waals surface area contributed by atoms with E-state index in [1.807, 2.05) is 6.92 Å². The smallest absolute Gasteiger partial charge is 0.337 e. The first kappa shape index (κ1) is 14.6. The molecule has 0 atom stereocenters. The maximum atomic E-state index is 12.1. The molecule has 0 radical (unpaired) electrons. The van der Waals surface area contributed by atoms with Gasteiger partial charge in [-0.15, -0.1) is 0 Å². The zero-order valence-electron chi connectivity index (χ0n) is 11.8. The Morgan fingerprint density at radius 3 is 2.24 bits per heavy atom. The first-order valence-corrected chi connectivity index (χ1v) is 6.37. The molecule has 0 fully saturated rings. The lowest BCUT2D eigenvalue weighted by atomic mass is 10.1. The summed E-state index contributed by atoms with van der Waals surface area (Å²) in [6, 6.07) is 11.6. The second kappa shape index (κ2) is 6.09. The van der Waals surface area contributed by atoms with Gasteiger partial charge in [0.1, 0.15) is 0 Å². The number of hydrogen-bond donors (Lipinski definition) is 2. The van der Waals surface area contributed by atoms with E-state index >= 15 is 0 Å². The van der Waals surface area contributed by atoms with Crippen molar-refractivity contribution in [3.8, 4) is 0 Å². The van der Waals surface area contributed by atoms with Gasteiger partial charge in [0, 0.05) is 16.9 Å². The standard InChI is InChI=1S/C16H16N2O3/c1-10-9-12(16(20)21-2)5-8-14(10)18-15(19)11-3-6-13(17)7-4-11/h3-9H,17H2,1-2H3,(H,18,19). The van der Waals surface area contributed by atoms with Gasteiger partial charge in [0.15, 0.2) is 0 Å². The molecule has 2 aromatic carbocycles. The Bertz CT molecular complexity index is 678. The predicted molar refractivity (Wildman–Crippen MR) is 81.3 cm³/mol. The summed E-state index contributed by atoms with van der Waals surface area (Å²) in [7, 11) is 1.33. The zero-order chi connectivity index (χ0) is 15.4. The van der Waals surface area contributed by atoms with Gasteiger partial charge >= 0.3 is 5.97 Å². The van der Waals surface area contributed by atoms with E-state index in [4.69, 9.17) is 5.73 Å². The van der Waals surface area contributed by atoms with Crippen LogP contribution in [0.25, 0.3) is 0 Å². The van der Waals surface area contributed by atoms with E-state index in [1.54, 1.807) is 42.5 Å². The molecule has 21 heavy (non-hydrogen) atoms. The summed E-state index contributed by atoms with van der Waals surface area (Å²) in [6.07, 6.45) is 0. The third-order valence-corrected chi connectivity index (χ3v) is 3.07. The number of methoxy groups -OCH3 is 1. The Morgan fingerprint density at radius 2 is 1.67 bits per heavy atom. The van der Waals surface area contributed by atoms with E-state index in [9.17, 15) is 9.59 Å². The highest BCUT2D eigenvalue weighted by Crippen LogP contribution is 2.18. The van der Waals surface area contributed by atoms with Crippen LogP contribution in [0, 0.1) is 6.92 Å². The molecular formula is C16H16N2O3. The first-order valence-electron chi connectivity index (χ1n) is 6.37. The van der Waals surface area contributed by atoms with Crippen LogP contribution in [0.2, 0.25) is 0 Å². The van der Waals surface area contributed by atoms with Crippen molar-refractivity contribution < 1.29 is 14.3 Å². The molecule has 1 amide bonds. The Labute approximate surface area is 122 Å². The van der Waals surface area contributed by atoms with Crippen LogP contribution in [0.1, 0.15) is 26.3 Å². The van der Waals surface area contributed by atoms with Crippen molar-refractivity contribution in [3.63, 3.8) is 0 Å². The number of ether oxygens (including phenoxy) is 1. The summed E-state index contributed by atoms with van der Waals surface area (Å²) >= 11 is 0. The average Bonchev–Trinajstić information content (AvgIpc) is 2.49. The summed E-state index contributed by atoms with van der Waals surface area (Å²) in [4.78, 5) is 23.5. The molecule has 0 spiro atoms. The number of nitrogen functional groups attached to an aromatic ring is 1. The van der Waals surface area contributed by atoms with Crippen LogP contribution in [-0.4, -0.2) is 19.0 Å². The Morgan fingerprint density at radius 1 is 1.05 bits per heavy atom. The van der Waals surface area contributed by atoms with Gasteiger partial charge in [-0.3, -0.25) is 4.79 Å². The minimum Gasteiger partial charge on any atom is -0.465 e. The molecule has 0 saturated heterocycles. The van der Waals surface area contributed by atoms with Crippen LogP contribution in [0.5, 0.6) is 0 Å². The lowest BCUT2D eigenvalue weighted by Gasteiger charge is -2.10. The number of anilines is 2. The average molecular weight is 284 g/mol. The predicted octanol–water partition coefficient (Wildman–Crippen LogP) is 2.62. The molecule has 0 aliphatic rings. The van der Waals surface area contributed by atoms with Crippen LogP contribution < -0.4 is 11.1 Å². The third kappa shape index (κ3) is 3.39. The monoisotopic (exact) mass is 284 g/mol. The number of amides is 1. The van der Waals surface area contributed by atoms with Crippen LogP contribution in [0.3, 0.4) is 0 Å². The number of nitrogens with one attached hydrogen (secondary N) is 1. The first-order chi connectivity index (χ1) is 10.0. The van der Waals surface area contributed by atoms with Crippen molar-refractivity contribution >= 4 is 23.3 Å². The van der Waals surface area contributed by atoms with Gasteiger partial charge in [-0.05, 0) is 55.0 Å². The van der Waals surface area contributed by atoms with Crippen molar-refractivity contribution in [1.82, 2.24) is 0 Å². The van der Waals surface area contributed by atoms with E-state index < -0.39 is 5.97 Å². The number of aryl methyl sites for hydroxylation is 1. The molecule has 0 heterocycles. The van der Waals surface area contributed by atoms with E-state index in [2.05, 4.69) is 10.1 Å². The largest absolute Gasteiger partial charge is 0.465 e. The van der Waals surface area contributed by atoms with Gasteiger partial charge in [0.2, 0.25) is 0 Å². The normalized spacial score (nSPS) is 10.0. The van der Waals surface area contributed by atoms with E-state index in [1.165, 1.54) is 7.11 Å². The highest BCUT2D eigenvalue weighted by molar-refractivity contribution is 6.05. The maximum absolute atomic E-state index is 12.1. The van der Waals surface area contributed by atoms with Crippen molar-refractivity contribution in [3.05, 3.63) is 59.2 Å². The molecule has 2 rings (SSSR count). The fraction of sp³-hybridized carbons (Fsp3) is 0.125. The quantitative estimate of drug-likeness (QED) is 0.670. The summed E-state index contributed by atoms with van der Waals surface area (Å²) < 4.78 is 4.65.